The summed E-state index contributed by atoms with van der Waals surface area (Å²) in [4.78, 5) is 11.6. The molecule has 0 bridgehead atoms. The molecule has 7 nitrogen and oxygen atoms in total. The average molecular weight is 323 g/mol. The van der Waals surface area contributed by atoms with Crippen LogP contribution in [0.2, 0.25) is 0 Å². The van der Waals surface area contributed by atoms with E-state index < -0.39 is 30.7 Å². The van der Waals surface area contributed by atoms with E-state index in [0.29, 0.717) is 24.3 Å². The van der Waals surface area contributed by atoms with E-state index in [4.69, 9.17) is 14.2 Å². The lowest BCUT2D eigenvalue weighted by atomic mass is 9.99. The minimum atomic E-state index is -1.26. The maximum absolute atomic E-state index is 11.6. The molecule has 0 aromatic heterocycles. The molecule has 0 spiro atoms. The number of carbonyl (C=O) groups is 1. The van der Waals surface area contributed by atoms with Crippen molar-refractivity contribution >= 4 is 11.6 Å². The molecule has 126 valence electrons. The van der Waals surface area contributed by atoms with Crippen molar-refractivity contribution in [2.45, 2.75) is 50.5 Å². The number of aliphatic hydroxyl groups is 2. The molecule has 2 aliphatic rings. The first-order chi connectivity index (χ1) is 11.0. The molecule has 1 fully saturated rings. The van der Waals surface area contributed by atoms with E-state index in [1.165, 1.54) is 7.11 Å². The fourth-order valence-corrected chi connectivity index (χ4v) is 3.03. The predicted octanol–water partition coefficient (Wildman–Crippen LogP) is 0.432. The molecule has 1 amide bonds. The molecule has 5 unspecified atom stereocenters. The number of rotatable bonds is 3. The minimum Gasteiger partial charge on any atom is -0.460 e. The molecule has 2 heterocycles. The number of nitrogens with one attached hydrogen (secondary N) is 1. The summed E-state index contributed by atoms with van der Waals surface area (Å²) in [5.74, 6) is 0.335. The molecule has 0 saturated carbocycles. The second kappa shape index (κ2) is 6.45. The Labute approximate surface area is 134 Å². The van der Waals surface area contributed by atoms with E-state index in [9.17, 15) is 15.0 Å². The van der Waals surface area contributed by atoms with Crippen LogP contribution < -0.4 is 10.1 Å². The molecular weight excluding hydrogens is 302 g/mol. The Morgan fingerprint density at radius 3 is 2.78 bits per heavy atom. The maximum Gasteiger partial charge on any atom is 0.229 e. The largest absolute Gasteiger partial charge is 0.460 e. The normalized spacial score (nSPS) is 33.7. The monoisotopic (exact) mass is 323 g/mol. The van der Waals surface area contributed by atoms with Crippen molar-refractivity contribution in [3.05, 3.63) is 23.8 Å². The molecule has 1 aromatic carbocycles. The van der Waals surface area contributed by atoms with Crippen LogP contribution in [0.3, 0.4) is 0 Å². The smallest absolute Gasteiger partial charge is 0.229 e. The van der Waals surface area contributed by atoms with E-state index in [1.807, 2.05) is 12.1 Å². The van der Waals surface area contributed by atoms with Gasteiger partial charge in [0.1, 0.15) is 24.1 Å². The standard InChI is InChI=1S/C16H21NO6/c1-8-15(21-2)13(19)14(20)16(22-8)23-10-5-3-4-9-6-7-11(18)17-12(9)10/h3-5,8,13-16,19-20H,6-7H2,1-2H3,(H,17,18). The summed E-state index contributed by atoms with van der Waals surface area (Å²) in [5, 5.41) is 23.1. The van der Waals surface area contributed by atoms with Gasteiger partial charge in [0.15, 0.2) is 0 Å². The van der Waals surface area contributed by atoms with Crippen LogP contribution in [0.25, 0.3) is 0 Å². The zero-order valence-electron chi connectivity index (χ0n) is 13.1. The summed E-state index contributed by atoms with van der Waals surface area (Å²) < 4.78 is 16.5. The Balaban J connectivity index is 1.81. The minimum absolute atomic E-state index is 0.0773. The number of carbonyl (C=O) groups excluding carboxylic acids is 1. The molecule has 0 aliphatic carbocycles. The van der Waals surface area contributed by atoms with Gasteiger partial charge in [0.25, 0.3) is 0 Å². The fourth-order valence-electron chi connectivity index (χ4n) is 3.03. The highest BCUT2D eigenvalue weighted by atomic mass is 16.7. The van der Waals surface area contributed by atoms with Gasteiger partial charge in [-0.15, -0.1) is 0 Å². The van der Waals surface area contributed by atoms with E-state index in [1.54, 1.807) is 13.0 Å². The summed E-state index contributed by atoms with van der Waals surface area (Å²) in [6.45, 7) is 1.74. The number of aliphatic hydroxyl groups excluding tert-OH is 2. The third-order valence-corrected chi connectivity index (χ3v) is 4.29. The summed E-state index contributed by atoms with van der Waals surface area (Å²) in [6.07, 6.45) is -3.43. The van der Waals surface area contributed by atoms with Crippen LogP contribution in [0.15, 0.2) is 18.2 Å². The number of methoxy groups -OCH3 is 1. The van der Waals surface area contributed by atoms with Crippen molar-refractivity contribution in [3.8, 4) is 5.75 Å². The molecule has 5 atom stereocenters. The number of fused-ring (bicyclic) bond motifs is 1. The quantitative estimate of drug-likeness (QED) is 0.746. The summed E-state index contributed by atoms with van der Waals surface area (Å²) >= 11 is 0. The summed E-state index contributed by atoms with van der Waals surface area (Å²) in [7, 11) is 1.45. The predicted molar refractivity (Wildman–Crippen MR) is 81.2 cm³/mol. The molecule has 1 aromatic rings. The summed E-state index contributed by atoms with van der Waals surface area (Å²) in [5.41, 5.74) is 1.56. The number of para-hydroxylation sites is 1. The van der Waals surface area contributed by atoms with Crippen LogP contribution in [-0.4, -0.2) is 53.9 Å². The second-order valence-electron chi connectivity index (χ2n) is 5.85. The van der Waals surface area contributed by atoms with Gasteiger partial charge in [0.2, 0.25) is 12.2 Å². The molecule has 7 heteroatoms. The van der Waals surface area contributed by atoms with E-state index >= 15 is 0 Å². The number of hydrogen-bond acceptors (Lipinski definition) is 6. The third kappa shape index (κ3) is 3.05. The molecule has 3 rings (SSSR count). The van der Waals surface area contributed by atoms with Crippen LogP contribution in [0.5, 0.6) is 5.75 Å². The van der Waals surface area contributed by atoms with Gasteiger partial charge in [-0.2, -0.15) is 0 Å². The Kier molecular flexibility index (Phi) is 4.54. The van der Waals surface area contributed by atoms with Gasteiger partial charge < -0.3 is 29.7 Å². The average Bonchev–Trinajstić information content (AvgIpc) is 2.53. The first kappa shape index (κ1) is 16.2. The Morgan fingerprint density at radius 2 is 2.04 bits per heavy atom. The van der Waals surface area contributed by atoms with Gasteiger partial charge in [-0.25, -0.2) is 0 Å². The van der Waals surface area contributed by atoms with Gasteiger partial charge >= 0.3 is 0 Å². The Bertz CT molecular complexity index is 592. The van der Waals surface area contributed by atoms with Crippen molar-refractivity contribution in [1.29, 1.82) is 0 Å². The number of amides is 1. The molecular formula is C16H21NO6. The van der Waals surface area contributed by atoms with Gasteiger partial charge in [-0.3, -0.25) is 4.79 Å². The van der Waals surface area contributed by atoms with Crippen LogP contribution in [0.1, 0.15) is 18.9 Å². The molecule has 23 heavy (non-hydrogen) atoms. The van der Waals surface area contributed by atoms with Gasteiger partial charge in [0, 0.05) is 13.5 Å². The molecule has 0 radical (unpaired) electrons. The number of ether oxygens (including phenoxy) is 3. The van der Waals surface area contributed by atoms with Crippen molar-refractivity contribution in [1.82, 2.24) is 0 Å². The van der Waals surface area contributed by atoms with Crippen LogP contribution in [0, 0.1) is 0 Å². The van der Waals surface area contributed by atoms with E-state index in [0.717, 1.165) is 5.56 Å². The second-order valence-corrected chi connectivity index (χ2v) is 5.85. The number of hydrogen-bond donors (Lipinski definition) is 3. The maximum atomic E-state index is 11.6. The zero-order valence-corrected chi connectivity index (χ0v) is 13.1. The Hall–Kier alpha value is -1.67. The highest BCUT2D eigenvalue weighted by Crippen LogP contribution is 2.35. The molecule has 3 N–H and O–H groups in total. The zero-order chi connectivity index (χ0) is 16.6. The van der Waals surface area contributed by atoms with Crippen molar-refractivity contribution in [2.75, 3.05) is 12.4 Å². The van der Waals surface area contributed by atoms with Crippen molar-refractivity contribution < 1.29 is 29.2 Å². The Morgan fingerprint density at radius 1 is 1.26 bits per heavy atom. The SMILES string of the molecule is COC1C(C)OC(Oc2cccc3c2NC(=O)CC3)C(O)C1O. The first-order valence-electron chi connectivity index (χ1n) is 7.64. The van der Waals surface area contributed by atoms with Crippen LogP contribution in [-0.2, 0) is 20.7 Å². The lowest BCUT2D eigenvalue weighted by molar-refractivity contribution is -0.272. The summed E-state index contributed by atoms with van der Waals surface area (Å²) in [6, 6.07) is 5.43. The topological polar surface area (TPSA) is 97.2 Å². The number of benzene rings is 1. The third-order valence-electron chi connectivity index (χ3n) is 4.29. The van der Waals surface area contributed by atoms with Gasteiger partial charge in [0.05, 0.1) is 11.8 Å². The molecule has 1 saturated heterocycles. The van der Waals surface area contributed by atoms with Gasteiger partial charge in [-0.1, -0.05) is 12.1 Å². The lowest BCUT2D eigenvalue weighted by Crippen LogP contribution is -2.58. The van der Waals surface area contributed by atoms with Crippen LogP contribution in [0.4, 0.5) is 5.69 Å². The highest BCUT2D eigenvalue weighted by molar-refractivity contribution is 5.95. The fraction of sp³-hybridized carbons (Fsp3) is 0.562. The first-order valence-corrected chi connectivity index (χ1v) is 7.64. The van der Waals surface area contributed by atoms with E-state index in [-0.39, 0.29) is 5.91 Å². The van der Waals surface area contributed by atoms with E-state index in [2.05, 4.69) is 5.32 Å². The number of aryl methyl sites for hydroxylation is 1. The molecule has 2 aliphatic heterocycles. The van der Waals surface area contributed by atoms with Crippen LogP contribution >= 0.6 is 0 Å². The lowest BCUT2D eigenvalue weighted by Gasteiger charge is -2.40. The highest BCUT2D eigenvalue weighted by Gasteiger charge is 2.44. The van der Waals surface area contributed by atoms with Crippen molar-refractivity contribution in [3.63, 3.8) is 0 Å². The van der Waals surface area contributed by atoms with Gasteiger partial charge in [-0.05, 0) is 25.0 Å². The number of anilines is 1. The van der Waals surface area contributed by atoms with Crippen molar-refractivity contribution in [2.24, 2.45) is 0 Å².